The second kappa shape index (κ2) is 8.01. The number of carbonyl (C=O) groups is 2. The molecule has 1 aromatic heterocycles. The molecule has 0 spiro atoms. The molecule has 0 bridgehead atoms. The van der Waals surface area contributed by atoms with Gasteiger partial charge in [-0.3, -0.25) is 9.59 Å². The Kier molecular flexibility index (Phi) is 5.53. The van der Waals surface area contributed by atoms with E-state index in [0.717, 1.165) is 22.2 Å². The summed E-state index contributed by atoms with van der Waals surface area (Å²) in [5.74, 6) is -0.382. The molecule has 0 aliphatic carbocycles. The Labute approximate surface area is 154 Å². The number of hydrogen-bond acceptors (Lipinski definition) is 4. The Morgan fingerprint density at radius 2 is 2.04 bits per heavy atom. The summed E-state index contributed by atoms with van der Waals surface area (Å²) in [7, 11) is 0. The quantitative estimate of drug-likeness (QED) is 0.588. The van der Waals surface area contributed by atoms with Gasteiger partial charge >= 0.3 is 5.97 Å². The molecule has 1 unspecified atom stereocenters. The van der Waals surface area contributed by atoms with Gasteiger partial charge in [0.15, 0.2) is 0 Å². The number of nitrogens with one attached hydrogen (secondary N) is 1. The molecule has 0 saturated heterocycles. The lowest BCUT2D eigenvalue weighted by atomic mass is 9.92. The largest absolute Gasteiger partial charge is 0.481 e. The molecule has 0 amide bonds. The molecular weight excluding hydrogens is 356 g/mol. The lowest BCUT2D eigenvalue weighted by molar-refractivity contribution is -0.137. The SMILES string of the molecule is O=COCc1ccc2nc(CC(CC(=O)O)c3ccc(Cl)cc3)[nH]c2c1. The van der Waals surface area contributed by atoms with Crippen LogP contribution in [0, 0.1) is 0 Å². The van der Waals surface area contributed by atoms with Crippen molar-refractivity contribution in [3.05, 3.63) is 64.4 Å². The first-order chi connectivity index (χ1) is 12.5. The highest BCUT2D eigenvalue weighted by molar-refractivity contribution is 6.30. The molecule has 1 atom stereocenters. The van der Waals surface area contributed by atoms with Gasteiger partial charge in [-0.2, -0.15) is 0 Å². The van der Waals surface area contributed by atoms with Gasteiger partial charge < -0.3 is 14.8 Å². The zero-order valence-electron chi connectivity index (χ0n) is 13.8. The number of carboxylic acid groups (broad SMARTS) is 1. The third-order valence-electron chi connectivity index (χ3n) is 4.12. The lowest BCUT2D eigenvalue weighted by Crippen LogP contribution is -2.10. The zero-order chi connectivity index (χ0) is 18.5. The molecule has 134 valence electrons. The van der Waals surface area contributed by atoms with Crippen LogP contribution in [0.5, 0.6) is 0 Å². The smallest absolute Gasteiger partial charge is 0.303 e. The highest BCUT2D eigenvalue weighted by atomic mass is 35.5. The second-order valence-corrected chi connectivity index (χ2v) is 6.43. The fourth-order valence-electron chi connectivity index (χ4n) is 2.91. The van der Waals surface area contributed by atoms with Gasteiger partial charge in [0, 0.05) is 17.4 Å². The third kappa shape index (κ3) is 4.40. The number of hydrogen-bond donors (Lipinski definition) is 2. The topological polar surface area (TPSA) is 92.3 Å². The predicted molar refractivity (Wildman–Crippen MR) is 97.1 cm³/mol. The molecule has 1 heterocycles. The van der Waals surface area contributed by atoms with Crippen LogP contribution in [-0.2, 0) is 27.4 Å². The molecule has 0 aliphatic rings. The van der Waals surface area contributed by atoms with Crippen LogP contribution in [0.3, 0.4) is 0 Å². The van der Waals surface area contributed by atoms with Crippen molar-refractivity contribution < 1.29 is 19.4 Å². The number of carbonyl (C=O) groups excluding carboxylic acids is 1. The minimum atomic E-state index is -0.866. The van der Waals surface area contributed by atoms with E-state index < -0.39 is 5.97 Å². The Balaban J connectivity index is 1.84. The minimum Gasteiger partial charge on any atom is -0.481 e. The number of rotatable bonds is 8. The van der Waals surface area contributed by atoms with Crippen LogP contribution in [0.25, 0.3) is 11.0 Å². The van der Waals surface area contributed by atoms with Gasteiger partial charge in [-0.05, 0) is 35.4 Å². The number of nitrogens with zero attached hydrogens (tertiary/aromatic N) is 1. The molecule has 2 aromatic carbocycles. The highest BCUT2D eigenvalue weighted by Gasteiger charge is 2.18. The standard InChI is InChI=1S/C19H17ClN2O4/c20-15-4-2-13(3-5-15)14(9-19(24)25)8-18-21-16-6-1-12(10-26-11-23)7-17(16)22-18/h1-7,11,14H,8-10H2,(H,21,22)(H,24,25). The number of halogens is 1. The van der Waals surface area contributed by atoms with Crippen LogP contribution < -0.4 is 0 Å². The average molecular weight is 373 g/mol. The van der Waals surface area contributed by atoms with Crippen LogP contribution >= 0.6 is 11.6 Å². The van der Waals surface area contributed by atoms with Crippen LogP contribution in [-0.4, -0.2) is 27.5 Å². The number of ether oxygens (including phenoxy) is 1. The Morgan fingerprint density at radius 1 is 1.27 bits per heavy atom. The number of benzene rings is 2. The summed E-state index contributed by atoms with van der Waals surface area (Å²) in [6, 6.07) is 12.7. The van der Waals surface area contributed by atoms with E-state index in [1.807, 2.05) is 30.3 Å². The molecule has 0 saturated carbocycles. The molecule has 6 nitrogen and oxygen atoms in total. The van der Waals surface area contributed by atoms with Crippen molar-refractivity contribution in [1.82, 2.24) is 9.97 Å². The number of H-pyrrole nitrogens is 1. The Bertz CT molecular complexity index is 921. The molecule has 0 aliphatic heterocycles. The average Bonchev–Trinajstić information content (AvgIpc) is 3.01. The van der Waals surface area contributed by atoms with E-state index in [-0.39, 0.29) is 18.9 Å². The summed E-state index contributed by atoms with van der Waals surface area (Å²) >= 11 is 5.92. The first-order valence-electron chi connectivity index (χ1n) is 8.05. The summed E-state index contributed by atoms with van der Waals surface area (Å²) in [6.07, 6.45) is 0.458. The van der Waals surface area contributed by atoms with Crippen LogP contribution in [0.2, 0.25) is 5.02 Å². The normalized spacial score (nSPS) is 12.0. The van der Waals surface area contributed by atoms with Crippen molar-refractivity contribution in [2.24, 2.45) is 0 Å². The van der Waals surface area contributed by atoms with Crippen LogP contribution in [0.4, 0.5) is 0 Å². The molecule has 7 heteroatoms. The monoisotopic (exact) mass is 372 g/mol. The molecule has 2 N–H and O–H groups in total. The van der Waals surface area contributed by atoms with Crippen molar-refractivity contribution in [1.29, 1.82) is 0 Å². The number of imidazole rings is 1. The maximum Gasteiger partial charge on any atom is 0.303 e. The predicted octanol–water partition coefficient (Wildman–Crippen LogP) is 3.69. The summed E-state index contributed by atoms with van der Waals surface area (Å²) in [5, 5.41) is 9.85. The van der Waals surface area contributed by atoms with E-state index in [4.69, 9.17) is 16.3 Å². The molecule has 26 heavy (non-hydrogen) atoms. The van der Waals surface area contributed by atoms with Gasteiger partial charge in [0.05, 0.1) is 17.5 Å². The first kappa shape index (κ1) is 17.9. The number of fused-ring (bicyclic) bond motifs is 1. The highest BCUT2D eigenvalue weighted by Crippen LogP contribution is 2.26. The number of carboxylic acids is 1. The van der Waals surface area contributed by atoms with Crippen molar-refractivity contribution in [2.45, 2.75) is 25.4 Å². The summed E-state index contributed by atoms with van der Waals surface area (Å²) in [6.45, 7) is 0.603. The zero-order valence-corrected chi connectivity index (χ0v) is 14.6. The summed E-state index contributed by atoms with van der Waals surface area (Å²) < 4.78 is 4.76. The molecule has 3 rings (SSSR count). The first-order valence-corrected chi connectivity index (χ1v) is 8.43. The van der Waals surface area contributed by atoms with Crippen molar-refractivity contribution in [2.75, 3.05) is 0 Å². The van der Waals surface area contributed by atoms with E-state index >= 15 is 0 Å². The fraction of sp³-hybridized carbons (Fsp3) is 0.211. The van der Waals surface area contributed by atoms with Gasteiger partial charge in [-0.25, -0.2) is 4.98 Å². The van der Waals surface area contributed by atoms with Crippen molar-refractivity contribution >= 4 is 35.1 Å². The fourth-order valence-corrected chi connectivity index (χ4v) is 3.04. The number of aromatic amines is 1. The maximum atomic E-state index is 11.3. The lowest BCUT2D eigenvalue weighted by Gasteiger charge is -2.14. The van der Waals surface area contributed by atoms with E-state index in [0.29, 0.717) is 23.7 Å². The van der Waals surface area contributed by atoms with Gasteiger partial charge in [-0.15, -0.1) is 0 Å². The van der Waals surface area contributed by atoms with Gasteiger partial charge in [-0.1, -0.05) is 29.8 Å². The number of aromatic nitrogens is 2. The minimum absolute atomic E-state index is 0.00287. The van der Waals surface area contributed by atoms with Crippen LogP contribution in [0.15, 0.2) is 42.5 Å². The maximum absolute atomic E-state index is 11.3. The van der Waals surface area contributed by atoms with E-state index in [9.17, 15) is 14.7 Å². The van der Waals surface area contributed by atoms with E-state index in [2.05, 4.69) is 9.97 Å². The molecular formula is C19H17ClN2O4. The summed E-state index contributed by atoms with van der Waals surface area (Å²) in [5.41, 5.74) is 3.34. The summed E-state index contributed by atoms with van der Waals surface area (Å²) in [4.78, 5) is 29.3. The molecule has 0 fully saturated rings. The van der Waals surface area contributed by atoms with E-state index in [1.165, 1.54) is 0 Å². The van der Waals surface area contributed by atoms with Gasteiger partial charge in [0.25, 0.3) is 6.47 Å². The van der Waals surface area contributed by atoms with Crippen molar-refractivity contribution in [3.8, 4) is 0 Å². The third-order valence-corrected chi connectivity index (χ3v) is 4.37. The Hall–Kier alpha value is -2.86. The second-order valence-electron chi connectivity index (χ2n) is 5.99. The van der Waals surface area contributed by atoms with Crippen LogP contribution in [0.1, 0.15) is 29.3 Å². The van der Waals surface area contributed by atoms with Crippen molar-refractivity contribution in [3.63, 3.8) is 0 Å². The molecule has 3 aromatic rings. The molecule has 0 radical (unpaired) electrons. The van der Waals surface area contributed by atoms with Gasteiger partial charge in [0.2, 0.25) is 0 Å². The van der Waals surface area contributed by atoms with E-state index in [1.54, 1.807) is 12.1 Å². The Morgan fingerprint density at radius 3 is 2.73 bits per heavy atom. The van der Waals surface area contributed by atoms with Gasteiger partial charge in [0.1, 0.15) is 12.4 Å². The number of aliphatic carboxylic acids is 1.